The zero-order valence-electron chi connectivity index (χ0n) is 10.8. The molecule has 0 spiro atoms. The lowest BCUT2D eigenvalue weighted by molar-refractivity contribution is 0.181. The Morgan fingerprint density at radius 3 is 2.79 bits per heavy atom. The Balaban J connectivity index is 2.08. The molecule has 1 aromatic carbocycles. The molecule has 5 heteroatoms. The van der Waals surface area contributed by atoms with Gasteiger partial charge in [-0.25, -0.2) is 4.98 Å². The van der Waals surface area contributed by atoms with Gasteiger partial charge in [0.1, 0.15) is 28.3 Å². The summed E-state index contributed by atoms with van der Waals surface area (Å²) in [5.74, 6) is 0.837. The van der Waals surface area contributed by atoms with Gasteiger partial charge >= 0.3 is 0 Å². The van der Waals surface area contributed by atoms with Crippen molar-refractivity contribution in [3.05, 3.63) is 45.4 Å². The highest BCUT2D eigenvalue weighted by Gasteiger charge is 2.11. The van der Waals surface area contributed by atoms with Crippen LogP contribution in [0.25, 0.3) is 0 Å². The van der Waals surface area contributed by atoms with Gasteiger partial charge in [0.15, 0.2) is 0 Å². The summed E-state index contributed by atoms with van der Waals surface area (Å²) in [6, 6.07) is 9.95. The lowest BCUT2D eigenvalue weighted by atomic mass is 10.2. The second-order valence-electron chi connectivity index (χ2n) is 3.98. The lowest BCUT2D eigenvalue weighted by Crippen LogP contribution is -1.97. The van der Waals surface area contributed by atoms with Crippen LogP contribution in [0.2, 0.25) is 0 Å². The minimum atomic E-state index is 0.351. The number of benzene rings is 1. The van der Waals surface area contributed by atoms with E-state index < -0.39 is 0 Å². The zero-order valence-corrected chi connectivity index (χ0v) is 11.7. The summed E-state index contributed by atoms with van der Waals surface area (Å²) in [7, 11) is 1.59. The number of thiazole rings is 1. The maximum Gasteiger partial charge on any atom is 0.140 e. The minimum Gasteiger partial charge on any atom is -0.486 e. The average Bonchev–Trinajstić information content (AvgIpc) is 2.81. The lowest BCUT2D eigenvalue weighted by Gasteiger charge is -2.06. The van der Waals surface area contributed by atoms with Gasteiger partial charge < -0.3 is 9.47 Å². The van der Waals surface area contributed by atoms with E-state index in [2.05, 4.69) is 11.1 Å². The molecule has 0 fully saturated rings. The van der Waals surface area contributed by atoms with Crippen molar-refractivity contribution in [2.24, 2.45) is 0 Å². The molecule has 0 aliphatic carbocycles. The summed E-state index contributed by atoms with van der Waals surface area (Å²) in [5.41, 5.74) is 1.76. The number of ether oxygens (including phenoxy) is 2. The fraction of sp³-hybridized carbons (Fsp3) is 0.286. The Kier molecular flexibility index (Phi) is 4.50. The van der Waals surface area contributed by atoms with Crippen molar-refractivity contribution in [2.75, 3.05) is 7.11 Å². The van der Waals surface area contributed by atoms with Crippen molar-refractivity contribution in [3.63, 3.8) is 0 Å². The molecule has 2 aromatic rings. The third-order valence-electron chi connectivity index (χ3n) is 2.57. The SMILES string of the molecule is COCc1nc(COc2ccccc2C)sc1C#N. The van der Waals surface area contributed by atoms with Crippen LogP contribution in [-0.4, -0.2) is 12.1 Å². The number of aryl methyl sites for hydroxylation is 1. The van der Waals surface area contributed by atoms with Crippen LogP contribution in [0.1, 0.15) is 21.1 Å². The molecule has 4 nitrogen and oxygen atoms in total. The van der Waals surface area contributed by atoms with Gasteiger partial charge in [0, 0.05) is 7.11 Å². The van der Waals surface area contributed by atoms with Crippen LogP contribution >= 0.6 is 11.3 Å². The van der Waals surface area contributed by atoms with Crippen LogP contribution in [0.3, 0.4) is 0 Å². The van der Waals surface area contributed by atoms with Crippen molar-refractivity contribution in [3.8, 4) is 11.8 Å². The fourth-order valence-electron chi connectivity index (χ4n) is 1.64. The first-order valence-electron chi connectivity index (χ1n) is 5.80. The number of aromatic nitrogens is 1. The van der Waals surface area contributed by atoms with Crippen molar-refractivity contribution in [1.29, 1.82) is 5.26 Å². The van der Waals surface area contributed by atoms with Gasteiger partial charge in [-0.2, -0.15) is 5.26 Å². The van der Waals surface area contributed by atoms with Gasteiger partial charge in [0.25, 0.3) is 0 Å². The number of nitrogens with zero attached hydrogens (tertiary/aromatic N) is 2. The molecule has 19 heavy (non-hydrogen) atoms. The first-order valence-corrected chi connectivity index (χ1v) is 6.62. The smallest absolute Gasteiger partial charge is 0.140 e. The summed E-state index contributed by atoms with van der Waals surface area (Å²) in [6.45, 7) is 2.71. The molecular formula is C14H14N2O2S. The van der Waals surface area contributed by atoms with Crippen LogP contribution in [0, 0.1) is 18.3 Å². The Morgan fingerprint density at radius 1 is 1.32 bits per heavy atom. The summed E-state index contributed by atoms with van der Waals surface area (Å²) in [5, 5.41) is 9.80. The van der Waals surface area contributed by atoms with Gasteiger partial charge in [0.05, 0.1) is 12.3 Å². The Labute approximate surface area is 116 Å². The molecule has 0 unspecified atom stereocenters. The van der Waals surface area contributed by atoms with E-state index in [9.17, 15) is 0 Å². The van der Waals surface area contributed by atoms with Gasteiger partial charge in [-0.3, -0.25) is 0 Å². The molecular weight excluding hydrogens is 260 g/mol. The van der Waals surface area contributed by atoms with E-state index in [-0.39, 0.29) is 0 Å². The first kappa shape index (κ1) is 13.5. The van der Waals surface area contributed by atoms with Crippen LogP contribution < -0.4 is 4.74 Å². The van der Waals surface area contributed by atoms with Crippen molar-refractivity contribution in [2.45, 2.75) is 20.1 Å². The van der Waals surface area contributed by atoms with E-state index in [1.807, 2.05) is 31.2 Å². The molecule has 0 atom stereocenters. The third kappa shape index (κ3) is 3.31. The second-order valence-corrected chi connectivity index (χ2v) is 5.07. The first-order chi connectivity index (χ1) is 9.24. The number of methoxy groups -OCH3 is 1. The summed E-state index contributed by atoms with van der Waals surface area (Å²) in [6.07, 6.45) is 0. The van der Waals surface area contributed by atoms with Gasteiger partial charge in [-0.1, -0.05) is 18.2 Å². The number of nitriles is 1. The topological polar surface area (TPSA) is 55.1 Å². The number of para-hydroxylation sites is 1. The normalized spacial score (nSPS) is 10.2. The largest absolute Gasteiger partial charge is 0.486 e. The van der Waals surface area contributed by atoms with Crippen molar-refractivity contribution >= 4 is 11.3 Å². The van der Waals surface area contributed by atoms with Crippen LogP contribution in [0.15, 0.2) is 24.3 Å². The van der Waals surface area contributed by atoms with Crippen molar-refractivity contribution < 1.29 is 9.47 Å². The van der Waals surface area contributed by atoms with Gasteiger partial charge in [0.2, 0.25) is 0 Å². The monoisotopic (exact) mass is 274 g/mol. The van der Waals surface area contributed by atoms with Crippen LogP contribution in [-0.2, 0) is 18.0 Å². The molecule has 1 aromatic heterocycles. The molecule has 0 aliphatic heterocycles. The highest BCUT2D eigenvalue weighted by Crippen LogP contribution is 2.22. The highest BCUT2D eigenvalue weighted by atomic mass is 32.1. The predicted molar refractivity (Wildman–Crippen MR) is 73.1 cm³/mol. The molecule has 2 rings (SSSR count). The van der Waals surface area contributed by atoms with E-state index in [1.165, 1.54) is 11.3 Å². The molecule has 0 saturated carbocycles. The van der Waals surface area contributed by atoms with Gasteiger partial charge in [-0.15, -0.1) is 11.3 Å². The summed E-state index contributed by atoms with van der Waals surface area (Å²) in [4.78, 5) is 4.95. The van der Waals surface area contributed by atoms with E-state index in [0.29, 0.717) is 23.8 Å². The van der Waals surface area contributed by atoms with Crippen molar-refractivity contribution in [1.82, 2.24) is 4.98 Å². The fourth-order valence-corrected chi connectivity index (χ4v) is 2.42. The molecule has 0 bridgehead atoms. The number of rotatable bonds is 5. The maximum atomic E-state index is 9.01. The molecule has 0 aliphatic rings. The molecule has 98 valence electrons. The Bertz CT molecular complexity index is 602. The minimum absolute atomic E-state index is 0.351. The van der Waals surface area contributed by atoms with E-state index in [1.54, 1.807) is 7.11 Å². The number of hydrogen-bond donors (Lipinski definition) is 0. The molecule has 0 saturated heterocycles. The third-order valence-corrected chi connectivity index (χ3v) is 3.54. The molecule has 0 amide bonds. The molecule has 0 N–H and O–H groups in total. The standard InChI is InChI=1S/C14H14N2O2S/c1-10-5-3-4-6-12(10)18-9-14-16-11(8-17-2)13(7-15)19-14/h3-6H,8-9H2,1-2H3. The Hall–Kier alpha value is -1.90. The average molecular weight is 274 g/mol. The summed E-state index contributed by atoms with van der Waals surface area (Å²) >= 11 is 1.35. The van der Waals surface area contributed by atoms with E-state index >= 15 is 0 Å². The van der Waals surface area contributed by atoms with Crippen LogP contribution in [0.5, 0.6) is 5.75 Å². The zero-order chi connectivity index (χ0) is 13.7. The predicted octanol–water partition coefficient (Wildman–Crippen LogP) is 3.05. The molecule has 0 radical (unpaired) electrons. The van der Waals surface area contributed by atoms with Crippen LogP contribution in [0.4, 0.5) is 0 Å². The molecule has 1 heterocycles. The maximum absolute atomic E-state index is 9.01. The second kappa shape index (κ2) is 6.32. The van der Waals surface area contributed by atoms with E-state index in [0.717, 1.165) is 16.3 Å². The quantitative estimate of drug-likeness (QED) is 0.841. The van der Waals surface area contributed by atoms with E-state index in [4.69, 9.17) is 14.7 Å². The highest BCUT2D eigenvalue weighted by molar-refractivity contribution is 7.12. The number of hydrogen-bond acceptors (Lipinski definition) is 5. The summed E-state index contributed by atoms with van der Waals surface area (Å²) < 4.78 is 10.7. The Morgan fingerprint density at radius 2 is 2.11 bits per heavy atom. The van der Waals surface area contributed by atoms with Gasteiger partial charge in [-0.05, 0) is 18.6 Å².